The summed E-state index contributed by atoms with van der Waals surface area (Å²) in [6.45, 7) is 2.73. The standard InChI is InChI=1S/C19H22ClF3N4O3S/c1-10-6-11(4-5-26(10)2)25-31(29,30)15-9-27(3)18(16(15)20)19(28)24-12-7-13(21)17(23)14(22)8-12/h7-11,25H,4-6H2,1-3H3,(H,24,28). The summed E-state index contributed by atoms with van der Waals surface area (Å²) >= 11 is 6.22. The van der Waals surface area contributed by atoms with E-state index in [-0.39, 0.29) is 33.4 Å². The second kappa shape index (κ2) is 8.81. The zero-order valence-electron chi connectivity index (χ0n) is 17.0. The molecule has 2 unspecified atom stereocenters. The van der Waals surface area contributed by atoms with E-state index < -0.39 is 33.4 Å². The van der Waals surface area contributed by atoms with Gasteiger partial charge >= 0.3 is 0 Å². The van der Waals surface area contributed by atoms with Gasteiger partial charge in [0, 0.05) is 43.1 Å². The number of anilines is 1. The van der Waals surface area contributed by atoms with E-state index in [0.29, 0.717) is 25.0 Å². The minimum Gasteiger partial charge on any atom is -0.344 e. The third-order valence-corrected chi connectivity index (χ3v) is 7.39. The Morgan fingerprint density at radius 3 is 2.39 bits per heavy atom. The Morgan fingerprint density at radius 2 is 1.81 bits per heavy atom. The number of piperidine rings is 1. The van der Waals surface area contributed by atoms with Gasteiger partial charge in [0.25, 0.3) is 5.91 Å². The van der Waals surface area contributed by atoms with Crippen molar-refractivity contribution in [2.24, 2.45) is 7.05 Å². The number of sulfonamides is 1. The number of aromatic nitrogens is 1. The highest BCUT2D eigenvalue weighted by Gasteiger charge is 2.31. The summed E-state index contributed by atoms with van der Waals surface area (Å²) in [7, 11) is -0.658. The molecule has 31 heavy (non-hydrogen) atoms. The summed E-state index contributed by atoms with van der Waals surface area (Å²) in [5.74, 6) is -5.54. The van der Waals surface area contributed by atoms with Crippen LogP contribution in [0.4, 0.5) is 18.9 Å². The molecule has 0 saturated carbocycles. The van der Waals surface area contributed by atoms with Crippen LogP contribution in [-0.2, 0) is 17.1 Å². The number of carbonyl (C=O) groups excluding carboxylic acids is 1. The van der Waals surface area contributed by atoms with Crippen molar-refractivity contribution in [1.29, 1.82) is 0 Å². The van der Waals surface area contributed by atoms with Crippen LogP contribution in [-0.4, -0.2) is 49.5 Å². The van der Waals surface area contributed by atoms with Gasteiger partial charge in [-0.2, -0.15) is 0 Å². The number of halogens is 4. The molecule has 1 aromatic heterocycles. The largest absolute Gasteiger partial charge is 0.344 e. The van der Waals surface area contributed by atoms with E-state index in [2.05, 4.69) is 14.9 Å². The summed E-state index contributed by atoms with van der Waals surface area (Å²) in [6.07, 6.45) is 2.43. The monoisotopic (exact) mass is 478 g/mol. The number of hydrogen-bond acceptors (Lipinski definition) is 4. The van der Waals surface area contributed by atoms with Crippen molar-refractivity contribution in [3.8, 4) is 0 Å². The zero-order valence-corrected chi connectivity index (χ0v) is 18.6. The quantitative estimate of drug-likeness (QED) is 0.647. The highest BCUT2D eigenvalue weighted by molar-refractivity contribution is 7.89. The van der Waals surface area contributed by atoms with E-state index in [1.807, 2.05) is 14.0 Å². The molecule has 170 valence electrons. The lowest BCUT2D eigenvalue weighted by atomic mass is 10.0. The summed E-state index contributed by atoms with van der Waals surface area (Å²) < 4.78 is 69.5. The van der Waals surface area contributed by atoms with Gasteiger partial charge in [-0.1, -0.05) is 11.6 Å². The smallest absolute Gasteiger partial charge is 0.273 e. The summed E-state index contributed by atoms with van der Waals surface area (Å²) in [5, 5.41) is 1.86. The van der Waals surface area contributed by atoms with Gasteiger partial charge in [0.15, 0.2) is 17.5 Å². The number of aryl methyl sites for hydroxylation is 1. The maximum Gasteiger partial charge on any atom is 0.273 e. The average molecular weight is 479 g/mol. The molecular formula is C19H22ClF3N4O3S. The molecule has 2 aromatic rings. The summed E-state index contributed by atoms with van der Waals surface area (Å²) in [4.78, 5) is 14.4. The summed E-state index contributed by atoms with van der Waals surface area (Å²) in [6, 6.07) is 1.13. The van der Waals surface area contributed by atoms with Gasteiger partial charge < -0.3 is 14.8 Å². The molecule has 0 aliphatic carbocycles. The van der Waals surface area contributed by atoms with E-state index in [1.165, 1.54) is 17.8 Å². The number of rotatable bonds is 5. The SMILES string of the molecule is CC1CC(NS(=O)(=O)c2cn(C)c(C(=O)Nc3cc(F)c(F)c(F)c3)c2Cl)CCN1C. The molecule has 1 fully saturated rings. The van der Waals surface area contributed by atoms with Gasteiger partial charge in [-0.25, -0.2) is 26.3 Å². The zero-order chi connectivity index (χ0) is 23.1. The van der Waals surface area contributed by atoms with Crippen molar-refractivity contribution in [3.05, 3.63) is 46.5 Å². The first kappa shape index (κ1) is 23.6. The van der Waals surface area contributed by atoms with Crippen LogP contribution in [0.5, 0.6) is 0 Å². The molecule has 0 spiro atoms. The molecule has 2 N–H and O–H groups in total. The van der Waals surface area contributed by atoms with Crippen molar-refractivity contribution < 1.29 is 26.4 Å². The topological polar surface area (TPSA) is 83.4 Å². The second-order valence-corrected chi connectivity index (χ2v) is 9.71. The van der Waals surface area contributed by atoms with Crippen molar-refractivity contribution in [1.82, 2.24) is 14.2 Å². The molecule has 1 aliphatic heterocycles. The predicted octanol–water partition coefficient (Wildman–Crippen LogP) is 3.11. The molecule has 7 nitrogen and oxygen atoms in total. The van der Waals surface area contributed by atoms with Gasteiger partial charge in [0.05, 0.1) is 5.02 Å². The molecule has 2 heterocycles. The Labute approximate surface area is 183 Å². The molecular weight excluding hydrogens is 457 g/mol. The first-order valence-corrected chi connectivity index (χ1v) is 11.3. The van der Waals surface area contributed by atoms with Crippen LogP contribution in [0.15, 0.2) is 23.2 Å². The number of benzene rings is 1. The first-order chi connectivity index (χ1) is 14.4. The fraction of sp³-hybridized carbons (Fsp3) is 0.421. The minimum atomic E-state index is -4.03. The Morgan fingerprint density at radius 1 is 1.19 bits per heavy atom. The van der Waals surface area contributed by atoms with Gasteiger partial charge in [-0.15, -0.1) is 0 Å². The Bertz CT molecular complexity index is 1100. The molecule has 12 heteroatoms. The van der Waals surface area contributed by atoms with Gasteiger partial charge in [0.1, 0.15) is 10.6 Å². The van der Waals surface area contributed by atoms with E-state index in [4.69, 9.17) is 11.6 Å². The second-order valence-electron chi connectivity index (χ2n) is 7.65. The summed E-state index contributed by atoms with van der Waals surface area (Å²) in [5.41, 5.74) is -0.578. The average Bonchev–Trinajstić information content (AvgIpc) is 2.97. The molecule has 1 saturated heterocycles. The third kappa shape index (κ3) is 4.89. The van der Waals surface area contributed by atoms with Gasteiger partial charge in [-0.3, -0.25) is 4.79 Å². The van der Waals surface area contributed by atoms with Crippen LogP contribution < -0.4 is 10.0 Å². The molecule has 1 amide bonds. The first-order valence-electron chi connectivity index (χ1n) is 9.44. The van der Waals surface area contributed by atoms with Crippen LogP contribution >= 0.6 is 11.6 Å². The van der Waals surface area contributed by atoms with E-state index in [1.54, 1.807) is 0 Å². The molecule has 0 bridgehead atoms. The highest BCUT2D eigenvalue weighted by Crippen LogP contribution is 2.29. The number of likely N-dealkylation sites (tertiary alicyclic amines) is 1. The molecule has 2 atom stereocenters. The molecule has 0 radical (unpaired) electrons. The lowest BCUT2D eigenvalue weighted by molar-refractivity contribution is 0.101. The van der Waals surface area contributed by atoms with Crippen LogP contribution in [0, 0.1) is 17.5 Å². The number of nitrogens with one attached hydrogen (secondary N) is 2. The third-order valence-electron chi connectivity index (χ3n) is 5.36. The molecule has 1 aliphatic rings. The maximum atomic E-state index is 13.4. The Balaban J connectivity index is 1.83. The van der Waals surface area contributed by atoms with Crippen molar-refractivity contribution in [3.63, 3.8) is 0 Å². The fourth-order valence-corrected chi connectivity index (χ4v) is 5.50. The lowest BCUT2D eigenvalue weighted by Gasteiger charge is -2.35. The van der Waals surface area contributed by atoms with Crippen LogP contribution in [0.25, 0.3) is 0 Å². The normalized spacial score (nSPS) is 20.1. The Hall–Kier alpha value is -2.08. The fourth-order valence-electron chi connectivity index (χ4n) is 3.51. The lowest BCUT2D eigenvalue weighted by Crippen LogP contribution is -2.47. The van der Waals surface area contributed by atoms with Crippen LogP contribution in [0.2, 0.25) is 5.02 Å². The van der Waals surface area contributed by atoms with E-state index in [0.717, 1.165) is 6.54 Å². The van der Waals surface area contributed by atoms with Gasteiger partial charge in [-0.05, 0) is 33.4 Å². The Kier molecular flexibility index (Phi) is 6.70. The van der Waals surface area contributed by atoms with Crippen molar-refractivity contribution in [2.45, 2.75) is 36.7 Å². The van der Waals surface area contributed by atoms with Crippen molar-refractivity contribution in [2.75, 3.05) is 18.9 Å². The number of hydrogen-bond donors (Lipinski definition) is 2. The maximum absolute atomic E-state index is 13.4. The number of nitrogens with zero attached hydrogens (tertiary/aromatic N) is 2. The predicted molar refractivity (Wildman–Crippen MR) is 110 cm³/mol. The molecule has 3 rings (SSSR count). The number of amides is 1. The number of carbonyl (C=O) groups is 1. The highest BCUT2D eigenvalue weighted by atomic mass is 35.5. The molecule has 1 aromatic carbocycles. The van der Waals surface area contributed by atoms with Crippen LogP contribution in [0.3, 0.4) is 0 Å². The van der Waals surface area contributed by atoms with Crippen molar-refractivity contribution >= 4 is 33.2 Å². The van der Waals surface area contributed by atoms with Crippen LogP contribution in [0.1, 0.15) is 30.3 Å². The minimum absolute atomic E-state index is 0.200. The van der Waals surface area contributed by atoms with E-state index in [9.17, 15) is 26.4 Å². The van der Waals surface area contributed by atoms with E-state index >= 15 is 0 Å². The van der Waals surface area contributed by atoms with Gasteiger partial charge in [0.2, 0.25) is 10.0 Å².